The van der Waals surface area contributed by atoms with Crippen LogP contribution in [0.1, 0.15) is 44.4 Å². The van der Waals surface area contributed by atoms with Crippen molar-refractivity contribution in [2.75, 3.05) is 0 Å². The maximum atomic E-state index is 10.0. The molecule has 1 radical (unpaired) electrons. The number of hydrogen-bond donors (Lipinski definition) is 1. The third-order valence-corrected chi connectivity index (χ3v) is 6.45. The Morgan fingerprint density at radius 1 is 1.09 bits per heavy atom. The Morgan fingerprint density at radius 2 is 1.83 bits per heavy atom. The first-order valence-electron chi connectivity index (χ1n) is 11.3. The third kappa shape index (κ3) is 4.09. The number of aromatic nitrogens is 1. The van der Waals surface area contributed by atoms with Crippen LogP contribution in [0.4, 0.5) is 0 Å². The fourth-order valence-corrected chi connectivity index (χ4v) is 5.12. The van der Waals surface area contributed by atoms with E-state index in [1.807, 2.05) is 12.3 Å². The molecular weight excluding hydrogens is 615 g/mol. The molecule has 1 N–H and O–H groups in total. The van der Waals surface area contributed by atoms with Gasteiger partial charge in [-0.2, -0.15) is 0 Å². The minimum atomic E-state index is -0.197. The van der Waals surface area contributed by atoms with Gasteiger partial charge in [0.2, 0.25) is 0 Å². The molecule has 0 unspecified atom stereocenters. The maximum absolute atomic E-state index is 10.0. The number of furan rings is 1. The summed E-state index contributed by atoms with van der Waals surface area (Å²) in [5, 5.41) is 13.2. The molecule has 0 aliphatic heterocycles. The second-order valence-corrected chi connectivity index (χ2v) is 9.46. The van der Waals surface area contributed by atoms with Crippen LogP contribution >= 0.6 is 0 Å². The number of aliphatic hydroxyl groups is 1. The predicted octanol–water partition coefficient (Wildman–Crippen LogP) is 7.58. The summed E-state index contributed by atoms with van der Waals surface area (Å²) in [5.74, 6) is -0.0625. The van der Waals surface area contributed by atoms with Gasteiger partial charge < -0.3 is 14.5 Å². The average molecular weight is 641 g/mol. The van der Waals surface area contributed by atoms with Crippen molar-refractivity contribution in [3.05, 3.63) is 89.3 Å². The van der Waals surface area contributed by atoms with Crippen LogP contribution in [0, 0.1) is 13.0 Å². The first-order chi connectivity index (χ1) is 16.2. The van der Waals surface area contributed by atoms with Gasteiger partial charge in [0, 0.05) is 43.2 Å². The van der Waals surface area contributed by atoms with E-state index in [0.717, 1.165) is 27.8 Å². The summed E-state index contributed by atoms with van der Waals surface area (Å²) in [6, 6.07) is 20.7. The number of aliphatic hydroxyl groups excluding tert-OH is 1. The number of aryl methyl sites for hydroxylation is 1. The Morgan fingerprint density at radius 3 is 2.51 bits per heavy atom. The summed E-state index contributed by atoms with van der Waals surface area (Å²) in [7, 11) is 0. The zero-order valence-corrected chi connectivity index (χ0v) is 22.7. The molecule has 2 aromatic heterocycles. The molecule has 0 saturated heterocycles. The fraction of sp³-hybridized carbons (Fsp3) is 0.200. The summed E-state index contributed by atoms with van der Waals surface area (Å²) in [4.78, 5) is 14.8. The molecule has 0 bridgehead atoms. The minimum absolute atomic E-state index is 0. The Labute approximate surface area is 218 Å². The molecule has 4 nitrogen and oxygen atoms in total. The van der Waals surface area contributed by atoms with E-state index in [1.165, 1.54) is 52.8 Å². The molecule has 5 aromatic rings. The number of pyridine rings is 1. The number of nitrogens with zero attached hydrogens (tertiary/aromatic N) is 1. The predicted molar refractivity (Wildman–Crippen MR) is 137 cm³/mol. The van der Waals surface area contributed by atoms with Crippen molar-refractivity contribution in [2.24, 2.45) is 0 Å². The minimum Gasteiger partial charge on any atom is -0.512 e. The molecule has 3 aromatic carbocycles. The van der Waals surface area contributed by atoms with Crippen molar-refractivity contribution in [1.29, 1.82) is 0 Å². The average Bonchev–Trinajstić information content (AvgIpc) is 3.12. The Hall–Kier alpha value is -3.27. The smallest absolute Gasteiger partial charge is 0.155 e. The molecule has 0 fully saturated rings. The van der Waals surface area contributed by atoms with Crippen molar-refractivity contribution in [3.63, 3.8) is 0 Å². The van der Waals surface area contributed by atoms with Crippen molar-refractivity contribution in [1.82, 2.24) is 4.98 Å². The number of fused-ring (bicyclic) bond motifs is 4. The Bertz CT molecular complexity index is 1640. The molecule has 0 spiro atoms. The van der Waals surface area contributed by atoms with E-state index in [2.05, 4.69) is 69.3 Å². The first kappa shape index (κ1) is 24.8. The molecule has 1 aliphatic carbocycles. The van der Waals surface area contributed by atoms with Gasteiger partial charge in [-0.1, -0.05) is 60.5 Å². The summed E-state index contributed by atoms with van der Waals surface area (Å²) in [6.07, 6.45) is 3.01. The number of allylic oxidation sites excluding steroid dienone is 2. The zero-order valence-electron chi connectivity index (χ0n) is 20.3. The van der Waals surface area contributed by atoms with Gasteiger partial charge in [-0.15, -0.1) is 23.3 Å². The van der Waals surface area contributed by atoms with E-state index in [4.69, 9.17) is 14.5 Å². The van der Waals surface area contributed by atoms with E-state index in [9.17, 15) is 4.79 Å². The summed E-state index contributed by atoms with van der Waals surface area (Å²) < 4.78 is 6.17. The number of ketones is 1. The van der Waals surface area contributed by atoms with Crippen molar-refractivity contribution < 1.29 is 34.4 Å². The van der Waals surface area contributed by atoms with Crippen LogP contribution in [-0.4, -0.2) is 15.9 Å². The molecule has 179 valence electrons. The Balaban J connectivity index is 0.000000320. The third-order valence-electron chi connectivity index (χ3n) is 6.45. The van der Waals surface area contributed by atoms with E-state index in [-0.39, 0.29) is 37.1 Å². The van der Waals surface area contributed by atoms with Crippen LogP contribution in [0.25, 0.3) is 44.0 Å². The van der Waals surface area contributed by atoms with Crippen LogP contribution in [0.5, 0.6) is 0 Å². The fourth-order valence-electron chi connectivity index (χ4n) is 5.12. The molecular formula is C30H26IrNO3-. The van der Waals surface area contributed by atoms with Crippen molar-refractivity contribution in [3.8, 4) is 11.3 Å². The second kappa shape index (κ2) is 9.07. The topological polar surface area (TPSA) is 63.3 Å². The normalized spacial score (nSPS) is 13.7. The summed E-state index contributed by atoms with van der Waals surface area (Å²) >= 11 is 0. The number of carbonyl (C=O) groups is 1. The monoisotopic (exact) mass is 641 g/mol. The van der Waals surface area contributed by atoms with Gasteiger partial charge in [0.25, 0.3) is 0 Å². The van der Waals surface area contributed by atoms with Crippen LogP contribution in [-0.2, 0) is 30.3 Å². The molecule has 2 heterocycles. The first-order valence-corrected chi connectivity index (χ1v) is 11.3. The molecule has 5 heteroatoms. The van der Waals surface area contributed by atoms with Crippen molar-refractivity contribution in [2.45, 2.75) is 40.0 Å². The molecule has 1 aliphatic rings. The standard InChI is InChI=1S/C25H18NO.C5H8O2.Ir/c1-14-7-9-16-15(13-14)8-10-17-23(16)25(2,3)18-5-4-6-19-21(18)22-20(27-19)11-12-26-24(17)22;1-4(6)3-5(2)7;/h4-9,11-13H,1-3H3;3,6H,1-2H3;/q-1;;/b;4-3-;. The Kier molecular flexibility index (Phi) is 6.44. The van der Waals surface area contributed by atoms with Crippen LogP contribution in [0.3, 0.4) is 0 Å². The maximum Gasteiger partial charge on any atom is 0.155 e. The van der Waals surface area contributed by atoms with E-state index in [0.29, 0.717) is 0 Å². The van der Waals surface area contributed by atoms with Crippen LogP contribution < -0.4 is 0 Å². The van der Waals surface area contributed by atoms with Gasteiger partial charge in [0.1, 0.15) is 11.2 Å². The molecule has 6 rings (SSSR count). The van der Waals surface area contributed by atoms with Gasteiger partial charge in [-0.05, 0) is 49.6 Å². The van der Waals surface area contributed by atoms with Gasteiger partial charge in [0.15, 0.2) is 5.78 Å². The largest absolute Gasteiger partial charge is 0.512 e. The molecule has 0 amide bonds. The molecule has 0 saturated carbocycles. The quantitative estimate of drug-likeness (QED) is 0.117. The summed E-state index contributed by atoms with van der Waals surface area (Å²) in [6.45, 7) is 9.59. The van der Waals surface area contributed by atoms with Crippen LogP contribution in [0.2, 0.25) is 0 Å². The number of hydrogen-bond acceptors (Lipinski definition) is 4. The van der Waals surface area contributed by atoms with E-state index < -0.39 is 0 Å². The SMILES string of the molecule is CC(=O)/C=C(/C)O.Cc1ccc2c3c([c-]cc2c1)-c1nccc2oc4cccc(c4c12)C3(C)C.[Ir]. The zero-order chi connectivity index (χ0) is 24.2. The van der Waals surface area contributed by atoms with Crippen molar-refractivity contribution >= 4 is 38.5 Å². The van der Waals surface area contributed by atoms with Gasteiger partial charge in [-0.25, -0.2) is 0 Å². The number of rotatable bonds is 1. The number of benzene rings is 3. The summed E-state index contributed by atoms with van der Waals surface area (Å²) in [5.41, 5.74) is 7.53. The molecule has 0 atom stereocenters. The second-order valence-electron chi connectivity index (χ2n) is 9.46. The van der Waals surface area contributed by atoms with Gasteiger partial charge >= 0.3 is 0 Å². The van der Waals surface area contributed by atoms with E-state index in [1.54, 1.807) is 0 Å². The van der Waals surface area contributed by atoms with Gasteiger partial charge in [0.05, 0.1) is 5.76 Å². The van der Waals surface area contributed by atoms with Crippen LogP contribution in [0.15, 0.2) is 71.0 Å². The van der Waals surface area contributed by atoms with Gasteiger partial charge in [-0.3, -0.25) is 4.79 Å². The van der Waals surface area contributed by atoms with E-state index >= 15 is 0 Å². The number of carbonyl (C=O) groups excluding carboxylic acids is 1. The molecule has 35 heavy (non-hydrogen) atoms.